The first kappa shape index (κ1) is 15.7. The number of carbonyl (C=O) groups is 1. The molecule has 1 saturated carbocycles. The molecule has 0 spiro atoms. The van der Waals surface area contributed by atoms with Crippen LogP contribution in [-0.2, 0) is 0 Å². The van der Waals surface area contributed by atoms with E-state index in [1.165, 1.54) is 0 Å². The van der Waals surface area contributed by atoms with Gasteiger partial charge in [-0.3, -0.25) is 0 Å². The summed E-state index contributed by atoms with van der Waals surface area (Å²) in [7, 11) is 3.86. The summed E-state index contributed by atoms with van der Waals surface area (Å²) in [5, 5.41) is 8.91. The van der Waals surface area contributed by atoms with E-state index in [2.05, 4.69) is 20.6 Å². The van der Waals surface area contributed by atoms with Crippen LogP contribution in [0.5, 0.6) is 0 Å². The van der Waals surface area contributed by atoms with E-state index < -0.39 is 0 Å². The molecule has 0 aromatic carbocycles. The lowest BCUT2D eigenvalue weighted by molar-refractivity contribution is 0.247. The van der Waals surface area contributed by atoms with Crippen molar-refractivity contribution >= 4 is 28.9 Å². The van der Waals surface area contributed by atoms with Gasteiger partial charge in [0.05, 0.1) is 17.9 Å². The number of aryl methyl sites for hydroxylation is 1. The van der Waals surface area contributed by atoms with Gasteiger partial charge in [-0.15, -0.1) is 11.3 Å². The monoisotopic (exact) mass is 331 g/mol. The number of anilines is 2. The second-order valence-electron chi connectivity index (χ2n) is 6.04. The zero-order valence-corrected chi connectivity index (χ0v) is 14.4. The van der Waals surface area contributed by atoms with Crippen molar-refractivity contribution in [3.05, 3.63) is 34.4 Å². The Labute approximate surface area is 140 Å². The topological polar surface area (TPSA) is 70.2 Å². The Hall–Kier alpha value is -2.15. The van der Waals surface area contributed by atoms with Crippen LogP contribution in [0.4, 0.5) is 16.3 Å². The molecule has 0 saturated heterocycles. The molecule has 1 aliphatic carbocycles. The summed E-state index contributed by atoms with van der Waals surface area (Å²) >= 11 is 1.61. The van der Waals surface area contributed by atoms with Crippen LogP contribution in [-0.4, -0.2) is 30.1 Å². The molecule has 6 nitrogen and oxygen atoms in total. The molecule has 1 atom stereocenters. The van der Waals surface area contributed by atoms with Crippen molar-refractivity contribution in [2.75, 3.05) is 24.3 Å². The minimum Gasteiger partial charge on any atom is -0.363 e. The molecule has 7 heteroatoms. The fourth-order valence-electron chi connectivity index (χ4n) is 2.36. The van der Waals surface area contributed by atoms with E-state index in [4.69, 9.17) is 0 Å². The molecule has 3 rings (SSSR count). The predicted octanol–water partition coefficient (Wildman–Crippen LogP) is 3.19. The molecular weight excluding hydrogens is 310 g/mol. The molecule has 2 aromatic rings. The van der Waals surface area contributed by atoms with Crippen molar-refractivity contribution in [1.82, 2.24) is 15.3 Å². The third-order valence-corrected chi connectivity index (χ3v) is 4.79. The Morgan fingerprint density at radius 2 is 2.17 bits per heavy atom. The smallest absolute Gasteiger partial charge is 0.319 e. The van der Waals surface area contributed by atoms with Gasteiger partial charge in [0, 0.05) is 25.2 Å². The summed E-state index contributed by atoms with van der Waals surface area (Å²) in [4.78, 5) is 23.0. The van der Waals surface area contributed by atoms with Crippen molar-refractivity contribution in [3.63, 3.8) is 0 Å². The number of carbonyl (C=O) groups excluding carboxylic acids is 1. The Bertz CT molecular complexity index is 678. The van der Waals surface area contributed by atoms with Gasteiger partial charge in [0.1, 0.15) is 10.8 Å². The first-order valence-electron chi connectivity index (χ1n) is 7.66. The van der Waals surface area contributed by atoms with Crippen molar-refractivity contribution in [3.8, 4) is 0 Å². The van der Waals surface area contributed by atoms with Gasteiger partial charge in [-0.2, -0.15) is 0 Å². The predicted molar refractivity (Wildman–Crippen MR) is 93.0 cm³/mol. The number of urea groups is 1. The van der Waals surface area contributed by atoms with E-state index in [1.807, 2.05) is 43.4 Å². The van der Waals surface area contributed by atoms with Gasteiger partial charge in [0.2, 0.25) is 0 Å². The second kappa shape index (κ2) is 6.54. The van der Waals surface area contributed by atoms with Gasteiger partial charge >= 0.3 is 6.03 Å². The van der Waals surface area contributed by atoms with Gasteiger partial charge in [0.25, 0.3) is 0 Å². The maximum absolute atomic E-state index is 12.3. The van der Waals surface area contributed by atoms with E-state index >= 15 is 0 Å². The van der Waals surface area contributed by atoms with Crippen LogP contribution in [0.3, 0.4) is 0 Å². The molecule has 0 aliphatic heterocycles. The summed E-state index contributed by atoms with van der Waals surface area (Å²) < 4.78 is 0. The first-order chi connectivity index (χ1) is 11.0. The summed E-state index contributed by atoms with van der Waals surface area (Å²) in [5.74, 6) is 1.35. The van der Waals surface area contributed by atoms with E-state index in [0.717, 1.165) is 29.4 Å². The van der Waals surface area contributed by atoms with Crippen LogP contribution < -0.4 is 15.5 Å². The van der Waals surface area contributed by atoms with Crippen molar-refractivity contribution in [2.24, 2.45) is 5.92 Å². The number of amides is 2. The van der Waals surface area contributed by atoms with Gasteiger partial charge < -0.3 is 15.5 Å². The van der Waals surface area contributed by atoms with Crippen molar-refractivity contribution < 1.29 is 4.79 Å². The highest BCUT2D eigenvalue weighted by Crippen LogP contribution is 2.41. The lowest BCUT2D eigenvalue weighted by Crippen LogP contribution is -2.33. The second-order valence-corrected chi connectivity index (χ2v) is 6.93. The van der Waals surface area contributed by atoms with Crippen molar-refractivity contribution in [2.45, 2.75) is 25.8 Å². The molecule has 1 aliphatic rings. The average molecular weight is 331 g/mol. The summed E-state index contributed by atoms with van der Waals surface area (Å²) in [5.41, 5.74) is 1.68. The van der Waals surface area contributed by atoms with E-state index in [1.54, 1.807) is 17.5 Å². The maximum Gasteiger partial charge on any atom is 0.319 e. The molecule has 2 amide bonds. The van der Waals surface area contributed by atoms with Gasteiger partial charge in [-0.1, -0.05) is 0 Å². The number of aromatic nitrogens is 2. The number of pyridine rings is 1. The molecular formula is C16H21N5OS. The molecule has 2 aromatic heterocycles. The SMILES string of the molecule is Cc1csc([C@@H](NC(=O)Nc2ccc(N(C)C)nc2)C2CC2)n1. The van der Waals surface area contributed by atoms with Crippen molar-refractivity contribution in [1.29, 1.82) is 0 Å². The Morgan fingerprint density at radius 3 is 2.70 bits per heavy atom. The normalized spacial score (nSPS) is 15.1. The van der Waals surface area contributed by atoms with Crippen LogP contribution in [0.25, 0.3) is 0 Å². The van der Waals surface area contributed by atoms with Crippen LogP contribution in [0.15, 0.2) is 23.7 Å². The van der Waals surface area contributed by atoms with Gasteiger partial charge in [0.15, 0.2) is 0 Å². The van der Waals surface area contributed by atoms with Crippen LogP contribution in [0.2, 0.25) is 0 Å². The fourth-order valence-corrected chi connectivity index (χ4v) is 3.30. The molecule has 0 radical (unpaired) electrons. The zero-order chi connectivity index (χ0) is 16.4. The Kier molecular flexibility index (Phi) is 4.47. The first-order valence-corrected chi connectivity index (χ1v) is 8.54. The number of nitrogens with one attached hydrogen (secondary N) is 2. The number of nitrogens with zero attached hydrogens (tertiary/aromatic N) is 3. The molecule has 0 unspecified atom stereocenters. The minimum atomic E-state index is -0.214. The van der Waals surface area contributed by atoms with Crippen LogP contribution >= 0.6 is 11.3 Å². The molecule has 2 heterocycles. The quantitative estimate of drug-likeness (QED) is 0.883. The lowest BCUT2D eigenvalue weighted by Gasteiger charge is -2.17. The summed E-state index contributed by atoms with van der Waals surface area (Å²) in [6.45, 7) is 1.97. The third-order valence-electron chi connectivity index (χ3n) is 3.75. The highest BCUT2D eigenvalue weighted by molar-refractivity contribution is 7.09. The standard InChI is InChI=1S/C16H21N5OS/c1-10-9-23-15(18-10)14(11-4-5-11)20-16(22)19-12-6-7-13(17-8-12)21(2)3/h6-9,11,14H,4-5H2,1-3H3,(H2,19,20,22)/t14-/m0/s1. The molecule has 0 bridgehead atoms. The largest absolute Gasteiger partial charge is 0.363 e. The number of rotatable bonds is 5. The Morgan fingerprint density at radius 1 is 1.39 bits per heavy atom. The molecule has 2 N–H and O–H groups in total. The highest BCUT2D eigenvalue weighted by Gasteiger charge is 2.35. The maximum atomic E-state index is 12.3. The fraction of sp³-hybridized carbons (Fsp3) is 0.438. The summed E-state index contributed by atoms with van der Waals surface area (Å²) in [6, 6.07) is 3.51. The third kappa shape index (κ3) is 3.98. The lowest BCUT2D eigenvalue weighted by atomic mass is 10.2. The van der Waals surface area contributed by atoms with Gasteiger partial charge in [-0.25, -0.2) is 14.8 Å². The zero-order valence-electron chi connectivity index (χ0n) is 13.5. The van der Waals surface area contributed by atoms with E-state index in [-0.39, 0.29) is 12.1 Å². The van der Waals surface area contributed by atoms with Gasteiger partial charge in [-0.05, 0) is 37.8 Å². The molecule has 23 heavy (non-hydrogen) atoms. The Balaban J connectivity index is 1.63. The summed E-state index contributed by atoms with van der Waals surface area (Å²) in [6.07, 6.45) is 3.94. The van der Waals surface area contributed by atoms with E-state index in [9.17, 15) is 4.79 Å². The molecule has 1 fully saturated rings. The molecule has 122 valence electrons. The minimum absolute atomic E-state index is 0.00251. The van der Waals surface area contributed by atoms with Crippen LogP contribution in [0, 0.1) is 12.8 Å². The number of thiazole rings is 1. The number of hydrogen-bond acceptors (Lipinski definition) is 5. The average Bonchev–Trinajstić information content (AvgIpc) is 3.27. The van der Waals surface area contributed by atoms with E-state index in [0.29, 0.717) is 11.6 Å². The highest BCUT2D eigenvalue weighted by atomic mass is 32.1. The van der Waals surface area contributed by atoms with Crippen LogP contribution in [0.1, 0.15) is 29.6 Å². The number of hydrogen-bond donors (Lipinski definition) is 2.